The lowest BCUT2D eigenvalue weighted by molar-refractivity contribution is -0.134. The van der Waals surface area contributed by atoms with Crippen molar-refractivity contribution in [2.24, 2.45) is 10.9 Å². The monoisotopic (exact) mass is 373 g/mol. The van der Waals surface area contributed by atoms with Crippen LogP contribution in [-0.4, -0.2) is 37.8 Å². The van der Waals surface area contributed by atoms with Gasteiger partial charge in [0.15, 0.2) is 0 Å². The molecule has 1 rings (SSSR count). The third kappa shape index (κ3) is 9.58. The van der Waals surface area contributed by atoms with E-state index in [-0.39, 0.29) is 5.91 Å². The van der Waals surface area contributed by atoms with Crippen LogP contribution < -0.4 is 10.6 Å². The molecular formula is C21H31N3O3. The zero-order chi connectivity index (χ0) is 20.1. The summed E-state index contributed by atoms with van der Waals surface area (Å²) in [5.41, 5.74) is 0.520. The van der Waals surface area contributed by atoms with Gasteiger partial charge < -0.3 is 15.4 Å². The molecule has 0 radical (unpaired) electrons. The molecule has 0 aliphatic heterocycles. The Bertz CT molecular complexity index is 614. The Morgan fingerprint density at radius 2 is 1.96 bits per heavy atom. The van der Waals surface area contributed by atoms with Crippen LogP contribution in [0.25, 0.3) is 0 Å². The third-order valence-corrected chi connectivity index (χ3v) is 4.33. The van der Waals surface area contributed by atoms with Crippen molar-refractivity contribution in [1.29, 1.82) is 0 Å². The first kappa shape index (κ1) is 22.4. The number of allylic oxidation sites excluding steroid dienone is 4. The van der Waals surface area contributed by atoms with E-state index >= 15 is 0 Å². The number of esters is 1. The number of hydrogen-bond acceptors (Lipinski definition) is 5. The Labute approximate surface area is 162 Å². The average Bonchev–Trinajstić information content (AvgIpc) is 2.69. The van der Waals surface area contributed by atoms with Crippen LogP contribution >= 0.6 is 0 Å². The predicted molar refractivity (Wildman–Crippen MR) is 109 cm³/mol. The molecule has 0 aromatic rings. The van der Waals surface area contributed by atoms with Gasteiger partial charge in [-0.15, -0.1) is 0 Å². The zero-order valence-electron chi connectivity index (χ0n) is 16.4. The Morgan fingerprint density at radius 3 is 2.59 bits per heavy atom. The van der Waals surface area contributed by atoms with E-state index in [1.165, 1.54) is 57.6 Å². The molecule has 6 nitrogen and oxygen atoms in total. The lowest BCUT2D eigenvalue weighted by Crippen LogP contribution is -2.43. The summed E-state index contributed by atoms with van der Waals surface area (Å²) in [7, 11) is 1.30. The maximum absolute atomic E-state index is 12.3. The highest BCUT2D eigenvalue weighted by atomic mass is 16.5. The first-order valence-corrected chi connectivity index (χ1v) is 9.32. The van der Waals surface area contributed by atoms with Gasteiger partial charge >= 0.3 is 5.97 Å². The Balaban J connectivity index is 2.52. The molecule has 1 fully saturated rings. The second kappa shape index (κ2) is 12.7. The summed E-state index contributed by atoms with van der Waals surface area (Å²) < 4.78 is 4.52. The van der Waals surface area contributed by atoms with Gasteiger partial charge in [-0.05, 0) is 43.4 Å². The molecule has 27 heavy (non-hydrogen) atoms. The number of ether oxygens (including phenoxy) is 1. The number of nitrogens with zero attached hydrogens (tertiary/aromatic N) is 1. The van der Waals surface area contributed by atoms with E-state index in [4.69, 9.17) is 0 Å². The van der Waals surface area contributed by atoms with Gasteiger partial charge in [-0.25, -0.2) is 9.79 Å². The number of rotatable bonds is 10. The molecule has 1 atom stereocenters. The van der Waals surface area contributed by atoms with Gasteiger partial charge in [0.2, 0.25) is 5.91 Å². The lowest BCUT2D eigenvalue weighted by Gasteiger charge is -2.23. The minimum absolute atomic E-state index is 0.0600. The fraction of sp³-hybridized carbons (Fsp3) is 0.476. The molecule has 1 saturated carbocycles. The smallest absolute Gasteiger partial charge is 0.330 e. The maximum atomic E-state index is 12.3. The summed E-state index contributed by atoms with van der Waals surface area (Å²) in [5, 5.41) is 6.08. The summed E-state index contributed by atoms with van der Waals surface area (Å²) in [5.74, 6) is 0.543. The second-order valence-electron chi connectivity index (χ2n) is 6.59. The molecule has 148 valence electrons. The summed E-state index contributed by atoms with van der Waals surface area (Å²) in [6.45, 7) is 9.96. The van der Waals surface area contributed by atoms with Crippen molar-refractivity contribution in [3.8, 4) is 0 Å². The van der Waals surface area contributed by atoms with Crippen LogP contribution in [-0.2, 0) is 14.3 Å². The van der Waals surface area contributed by atoms with Crippen LogP contribution in [0.4, 0.5) is 0 Å². The molecule has 1 aliphatic carbocycles. The normalized spacial score (nSPS) is 16.9. The molecule has 0 aromatic carbocycles. The molecule has 1 aliphatic rings. The predicted octanol–water partition coefficient (Wildman–Crippen LogP) is 3.04. The number of nitrogens with one attached hydrogen (secondary N) is 2. The SMILES string of the molecule is C=C/C=C(\N=CC(=C)/C=C/C(=O)OC)N[C@H](C)C(=O)NCC1CCCCC1. The van der Waals surface area contributed by atoms with Crippen molar-refractivity contribution in [3.05, 3.63) is 48.9 Å². The highest BCUT2D eigenvalue weighted by Crippen LogP contribution is 2.22. The standard InChI is InChI=1S/C21H31N3O3/c1-5-9-19(22-14-16(2)12-13-20(25)27-4)24-17(3)21(26)23-15-18-10-7-6-8-11-18/h5,9,12-14,17-18,24H,1-2,6-8,10-11,15H2,3-4H3,(H,23,26)/b13-12+,19-9+,22-14?/t17-/m1/s1. The molecule has 0 heterocycles. The highest BCUT2D eigenvalue weighted by Gasteiger charge is 2.17. The zero-order valence-corrected chi connectivity index (χ0v) is 16.4. The van der Waals surface area contributed by atoms with Gasteiger partial charge in [0, 0.05) is 18.8 Å². The fourth-order valence-electron chi connectivity index (χ4n) is 2.76. The van der Waals surface area contributed by atoms with Gasteiger partial charge in [0.25, 0.3) is 0 Å². The number of carbonyl (C=O) groups excluding carboxylic acids is 2. The first-order valence-electron chi connectivity index (χ1n) is 9.32. The van der Waals surface area contributed by atoms with E-state index in [0.29, 0.717) is 17.3 Å². The number of hydrogen-bond donors (Lipinski definition) is 2. The molecule has 1 amide bonds. The molecular weight excluding hydrogens is 342 g/mol. The quantitative estimate of drug-likeness (QED) is 0.267. The lowest BCUT2D eigenvalue weighted by atomic mass is 9.89. The van der Waals surface area contributed by atoms with Crippen LogP contribution in [0.5, 0.6) is 0 Å². The summed E-state index contributed by atoms with van der Waals surface area (Å²) in [6.07, 6.45) is 13.7. The Morgan fingerprint density at radius 1 is 1.26 bits per heavy atom. The Hall–Kier alpha value is -2.63. The van der Waals surface area contributed by atoms with E-state index in [9.17, 15) is 9.59 Å². The van der Waals surface area contributed by atoms with E-state index in [1.807, 2.05) is 0 Å². The van der Waals surface area contributed by atoms with Gasteiger partial charge in [-0.1, -0.05) is 38.5 Å². The highest BCUT2D eigenvalue weighted by molar-refractivity contribution is 5.88. The largest absolute Gasteiger partial charge is 0.466 e. The Kier molecular flexibility index (Phi) is 10.5. The van der Waals surface area contributed by atoms with Crippen molar-refractivity contribution >= 4 is 18.1 Å². The maximum Gasteiger partial charge on any atom is 0.330 e. The third-order valence-electron chi connectivity index (χ3n) is 4.33. The van der Waals surface area contributed by atoms with Crippen molar-refractivity contribution in [3.63, 3.8) is 0 Å². The van der Waals surface area contributed by atoms with Crippen molar-refractivity contribution in [1.82, 2.24) is 10.6 Å². The summed E-state index contributed by atoms with van der Waals surface area (Å²) >= 11 is 0. The molecule has 0 unspecified atom stereocenters. The minimum atomic E-state index is -0.465. The molecule has 0 spiro atoms. The van der Waals surface area contributed by atoms with E-state index in [0.717, 1.165) is 6.54 Å². The fourth-order valence-corrected chi connectivity index (χ4v) is 2.76. The molecule has 0 bridgehead atoms. The number of amides is 1. The van der Waals surface area contributed by atoms with Crippen LogP contribution in [0.3, 0.4) is 0 Å². The van der Waals surface area contributed by atoms with Crippen LogP contribution in [0.1, 0.15) is 39.0 Å². The van der Waals surface area contributed by atoms with E-state index in [2.05, 4.69) is 33.5 Å². The van der Waals surface area contributed by atoms with Crippen LogP contribution in [0, 0.1) is 5.92 Å². The number of aliphatic imine (C=N–C) groups is 1. The summed E-state index contributed by atoms with van der Waals surface area (Å²) in [6, 6.07) is -0.434. The van der Waals surface area contributed by atoms with Crippen molar-refractivity contribution in [2.75, 3.05) is 13.7 Å². The second-order valence-corrected chi connectivity index (χ2v) is 6.59. The van der Waals surface area contributed by atoms with Gasteiger partial charge in [0.1, 0.15) is 11.9 Å². The van der Waals surface area contributed by atoms with E-state index < -0.39 is 12.0 Å². The van der Waals surface area contributed by atoms with Gasteiger partial charge in [-0.2, -0.15) is 0 Å². The topological polar surface area (TPSA) is 79.8 Å². The molecule has 6 heteroatoms. The molecule has 0 aromatic heterocycles. The number of carbonyl (C=O) groups is 2. The van der Waals surface area contributed by atoms with Gasteiger partial charge in [0.05, 0.1) is 7.11 Å². The summed E-state index contributed by atoms with van der Waals surface area (Å²) in [4.78, 5) is 27.7. The van der Waals surface area contributed by atoms with Crippen molar-refractivity contribution < 1.29 is 14.3 Å². The van der Waals surface area contributed by atoms with E-state index in [1.54, 1.807) is 19.1 Å². The average molecular weight is 373 g/mol. The van der Waals surface area contributed by atoms with Crippen LogP contribution in [0.15, 0.2) is 53.8 Å². The number of methoxy groups -OCH3 is 1. The van der Waals surface area contributed by atoms with Crippen molar-refractivity contribution in [2.45, 2.75) is 45.1 Å². The minimum Gasteiger partial charge on any atom is -0.466 e. The molecule has 2 N–H and O–H groups in total. The molecule has 0 saturated heterocycles. The van der Waals surface area contributed by atoms with Gasteiger partial charge in [-0.3, -0.25) is 4.79 Å². The first-order chi connectivity index (χ1) is 13.0. The van der Waals surface area contributed by atoms with Crippen LogP contribution in [0.2, 0.25) is 0 Å².